The molecule has 8 atom stereocenters. The molecule has 0 N–H and O–H groups in total. The van der Waals surface area contributed by atoms with Gasteiger partial charge in [-0.2, -0.15) is 0 Å². The fourth-order valence-electron chi connectivity index (χ4n) is 7.78. The molecule has 1 nitrogen and oxygen atoms in total. The highest BCUT2D eigenvalue weighted by molar-refractivity contribution is 5.21. The second-order valence-electron chi connectivity index (χ2n) is 10.8. The smallest absolute Gasteiger partial charge is 0.0764 e. The molecule has 1 heterocycles. The average molecular weight is 361 g/mol. The molecule has 3 rings (SSSR count). The fourth-order valence-corrected chi connectivity index (χ4v) is 7.78. The zero-order valence-electron chi connectivity index (χ0n) is 18.8. The monoisotopic (exact) mass is 360 g/mol. The number of hydrogen-bond acceptors (Lipinski definition) is 1. The highest BCUT2D eigenvalue weighted by Gasteiger charge is 2.58. The topological polar surface area (TPSA) is 9.23 Å². The fraction of sp³-hybridized carbons (Fsp3) is 0.920. The molecule has 0 radical (unpaired) electrons. The average Bonchev–Trinajstić information content (AvgIpc) is 2.90. The molecule has 2 aliphatic carbocycles. The van der Waals surface area contributed by atoms with E-state index in [1.165, 1.54) is 44.1 Å². The first kappa shape index (κ1) is 20.4. The molecule has 0 aromatic rings. The largest absolute Gasteiger partial charge is 0.370 e. The van der Waals surface area contributed by atoms with Crippen LogP contribution in [-0.2, 0) is 4.74 Å². The third-order valence-corrected chi connectivity index (χ3v) is 9.77. The summed E-state index contributed by atoms with van der Waals surface area (Å²) >= 11 is 0. The minimum absolute atomic E-state index is 0.351. The summed E-state index contributed by atoms with van der Waals surface area (Å²) in [5.74, 6) is 4.35. The molecule has 0 bridgehead atoms. The zero-order valence-corrected chi connectivity index (χ0v) is 18.8. The minimum Gasteiger partial charge on any atom is -0.370 e. The third-order valence-electron chi connectivity index (χ3n) is 9.77. The van der Waals surface area contributed by atoms with Gasteiger partial charge in [-0.1, -0.05) is 54.4 Å². The molecular weight excluding hydrogens is 316 g/mol. The van der Waals surface area contributed by atoms with E-state index < -0.39 is 0 Å². The van der Waals surface area contributed by atoms with Gasteiger partial charge in [-0.15, -0.1) is 0 Å². The number of hydrogen-bond donors (Lipinski definition) is 0. The SMILES string of the molecule is CCC1(C)C(C)C(C)CC2(C)C(CCC3=C(C)COC3C)C(C)CCC12. The normalized spacial score (nSPS) is 49.4. The van der Waals surface area contributed by atoms with Crippen molar-refractivity contribution in [2.75, 3.05) is 6.61 Å². The van der Waals surface area contributed by atoms with Gasteiger partial charge in [0.25, 0.3) is 0 Å². The lowest BCUT2D eigenvalue weighted by Crippen LogP contribution is -2.56. The van der Waals surface area contributed by atoms with Crippen molar-refractivity contribution in [3.63, 3.8) is 0 Å². The summed E-state index contributed by atoms with van der Waals surface area (Å²) in [6, 6.07) is 0. The zero-order chi connectivity index (χ0) is 19.3. The highest BCUT2D eigenvalue weighted by Crippen LogP contribution is 2.66. The first-order valence-electron chi connectivity index (χ1n) is 11.4. The van der Waals surface area contributed by atoms with E-state index in [0.29, 0.717) is 16.9 Å². The summed E-state index contributed by atoms with van der Waals surface area (Å²) < 4.78 is 5.88. The lowest BCUT2D eigenvalue weighted by molar-refractivity contribution is -0.149. The molecule has 0 aromatic heterocycles. The van der Waals surface area contributed by atoms with Crippen LogP contribution in [0.4, 0.5) is 0 Å². The van der Waals surface area contributed by atoms with Gasteiger partial charge in [-0.25, -0.2) is 0 Å². The summed E-state index contributed by atoms with van der Waals surface area (Å²) in [5.41, 5.74) is 4.15. The van der Waals surface area contributed by atoms with Crippen molar-refractivity contribution in [2.24, 2.45) is 40.4 Å². The molecule has 1 aliphatic heterocycles. The summed E-state index contributed by atoms with van der Waals surface area (Å²) in [6.07, 6.45) is 8.65. The van der Waals surface area contributed by atoms with Gasteiger partial charge >= 0.3 is 0 Å². The van der Waals surface area contributed by atoms with Crippen LogP contribution in [0.2, 0.25) is 0 Å². The molecule has 0 amide bonds. The van der Waals surface area contributed by atoms with Crippen LogP contribution in [0, 0.1) is 40.4 Å². The molecular formula is C25H44O. The van der Waals surface area contributed by atoms with Crippen molar-refractivity contribution >= 4 is 0 Å². The van der Waals surface area contributed by atoms with Gasteiger partial charge in [0.05, 0.1) is 12.7 Å². The van der Waals surface area contributed by atoms with Crippen LogP contribution >= 0.6 is 0 Å². The Morgan fingerprint density at radius 3 is 2.31 bits per heavy atom. The molecule has 1 heteroatoms. The third kappa shape index (κ3) is 3.11. The van der Waals surface area contributed by atoms with Gasteiger partial charge in [0.15, 0.2) is 0 Å². The van der Waals surface area contributed by atoms with Crippen LogP contribution in [0.25, 0.3) is 0 Å². The van der Waals surface area contributed by atoms with Gasteiger partial charge in [-0.05, 0) is 91.1 Å². The van der Waals surface area contributed by atoms with E-state index in [-0.39, 0.29) is 0 Å². The second kappa shape index (κ2) is 7.26. The number of fused-ring (bicyclic) bond motifs is 1. The van der Waals surface area contributed by atoms with Crippen molar-refractivity contribution in [2.45, 2.75) is 100 Å². The van der Waals surface area contributed by atoms with E-state index in [0.717, 1.165) is 36.2 Å². The number of rotatable bonds is 4. The van der Waals surface area contributed by atoms with Crippen molar-refractivity contribution in [1.29, 1.82) is 0 Å². The van der Waals surface area contributed by atoms with Crippen LogP contribution in [0.3, 0.4) is 0 Å². The molecule has 0 aromatic carbocycles. The molecule has 26 heavy (non-hydrogen) atoms. The van der Waals surface area contributed by atoms with Crippen LogP contribution in [0.15, 0.2) is 11.1 Å². The maximum absolute atomic E-state index is 5.88. The Bertz CT molecular complexity index is 548. The van der Waals surface area contributed by atoms with Crippen molar-refractivity contribution in [1.82, 2.24) is 0 Å². The van der Waals surface area contributed by atoms with Crippen molar-refractivity contribution in [3.8, 4) is 0 Å². The van der Waals surface area contributed by atoms with E-state index in [2.05, 4.69) is 55.4 Å². The highest BCUT2D eigenvalue weighted by atomic mass is 16.5. The Kier molecular flexibility index (Phi) is 5.71. The Hall–Kier alpha value is -0.300. The summed E-state index contributed by atoms with van der Waals surface area (Å²) in [5, 5.41) is 0. The Balaban J connectivity index is 1.86. The van der Waals surface area contributed by atoms with Gasteiger partial charge in [-0.3, -0.25) is 0 Å². The maximum Gasteiger partial charge on any atom is 0.0764 e. The van der Waals surface area contributed by atoms with Crippen molar-refractivity contribution in [3.05, 3.63) is 11.1 Å². The molecule has 150 valence electrons. The molecule has 8 unspecified atom stereocenters. The van der Waals surface area contributed by atoms with E-state index in [1.54, 1.807) is 5.57 Å². The van der Waals surface area contributed by atoms with Gasteiger partial charge in [0.1, 0.15) is 0 Å². The second-order valence-corrected chi connectivity index (χ2v) is 10.8. The minimum atomic E-state index is 0.351. The molecule has 3 aliphatic rings. The molecule has 0 saturated heterocycles. The Morgan fingerprint density at radius 1 is 1.04 bits per heavy atom. The van der Waals surface area contributed by atoms with Crippen LogP contribution in [-0.4, -0.2) is 12.7 Å². The van der Waals surface area contributed by atoms with Gasteiger partial charge < -0.3 is 4.74 Å². The molecule has 0 spiro atoms. The van der Waals surface area contributed by atoms with Crippen LogP contribution < -0.4 is 0 Å². The van der Waals surface area contributed by atoms with Gasteiger partial charge in [0.2, 0.25) is 0 Å². The van der Waals surface area contributed by atoms with E-state index >= 15 is 0 Å². The summed E-state index contributed by atoms with van der Waals surface area (Å²) in [6.45, 7) is 20.8. The maximum atomic E-state index is 5.88. The lowest BCUT2D eigenvalue weighted by Gasteiger charge is -2.64. The predicted molar refractivity (Wildman–Crippen MR) is 112 cm³/mol. The first-order valence-corrected chi connectivity index (χ1v) is 11.4. The lowest BCUT2D eigenvalue weighted by atomic mass is 9.41. The molecule has 2 fully saturated rings. The predicted octanol–water partition coefficient (Wildman–Crippen LogP) is 7.26. The van der Waals surface area contributed by atoms with Crippen molar-refractivity contribution < 1.29 is 4.74 Å². The summed E-state index contributed by atoms with van der Waals surface area (Å²) in [7, 11) is 0. The van der Waals surface area contributed by atoms with E-state index in [1.807, 2.05) is 0 Å². The van der Waals surface area contributed by atoms with Gasteiger partial charge in [0, 0.05) is 0 Å². The Morgan fingerprint density at radius 2 is 1.73 bits per heavy atom. The Labute approximate surface area is 163 Å². The molecule has 2 saturated carbocycles. The van der Waals surface area contributed by atoms with E-state index in [4.69, 9.17) is 4.74 Å². The van der Waals surface area contributed by atoms with Crippen LogP contribution in [0.1, 0.15) is 93.9 Å². The van der Waals surface area contributed by atoms with Crippen LogP contribution in [0.5, 0.6) is 0 Å². The first-order chi connectivity index (χ1) is 12.1. The summed E-state index contributed by atoms with van der Waals surface area (Å²) in [4.78, 5) is 0. The van der Waals surface area contributed by atoms with E-state index in [9.17, 15) is 0 Å². The quantitative estimate of drug-likeness (QED) is 0.479. The standard InChI is InChI=1S/C25H44O/c1-9-24(7)19(5)17(3)14-25(8)22(16(2)10-13-23(24)25)12-11-21-18(4)15-26-20(21)6/h16-17,19-20,22-23H,9-15H2,1-8H3. The number of ether oxygens (including phenoxy) is 1.